The van der Waals surface area contributed by atoms with E-state index in [4.69, 9.17) is 0 Å². The maximum atomic E-state index is 12.2. The molecule has 0 saturated heterocycles. The fourth-order valence-electron chi connectivity index (χ4n) is 4.39. The Bertz CT molecular complexity index is 268. The Labute approximate surface area is 120 Å². The maximum Gasteiger partial charge on any atom is 0.306 e. The van der Waals surface area contributed by atoms with E-state index >= 15 is 0 Å². The van der Waals surface area contributed by atoms with Gasteiger partial charge in [-0.25, -0.2) is 0 Å². The number of hydrogen-bond acceptors (Lipinski definition) is 1. The summed E-state index contributed by atoms with van der Waals surface area (Å²) in [5, 5.41) is 9.72. The van der Waals surface area contributed by atoms with Gasteiger partial charge in [0.1, 0.15) is 0 Å². The lowest BCUT2D eigenvalue weighted by Gasteiger charge is -2.44. The van der Waals surface area contributed by atoms with Gasteiger partial charge in [0.2, 0.25) is 0 Å². The summed E-state index contributed by atoms with van der Waals surface area (Å²) in [6, 6.07) is 2.43. The van der Waals surface area contributed by atoms with Crippen LogP contribution in [0.1, 0.15) is 72.1 Å². The minimum atomic E-state index is -1.22. The Kier molecular flexibility index (Phi) is 7.12. The number of hydrogen-bond donors (Lipinski definition) is 1. The molecular formula is C16H32O2Si. The fourth-order valence-corrected chi connectivity index (χ4v) is 9.02. The van der Waals surface area contributed by atoms with Gasteiger partial charge in [-0.05, 0) is 25.2 Å². The van der Waals surface area contributed by atoms with E-state index in [1.807, 2.05) is 0 Å². The Morgan fingerprint density at radius 3 is 2.00 bits per heavy atom. The molecule has 0 spiro atoms. The van der Waals surface area contributed by atoms with Crippen LogP contribution < -0.4 is 0 Å². The molecule has 3 heteroatoms. The number of rotatable bonds is 8. The first-order valence-electron chi connectivity index (χ1n) is 8.36. The molecule has 0 aromatic carbocycles. The third-order valence-electron chi connectivity index (χ3n) is 5.32. The molecule has 0 aromatic heterocycles. The van der Waals surface area contributed by atoms with Crippen molar-refractivity contribution in [3.8, 4) is 0 Å². The van der Waals surface area contributed by atoms with Gasteiger partial charge in [-0.2, -0.15) is 0 Å². The number of aliphatic carboxylic acids is 1. The SMILES string of the molecule is CCC[SiH](CCC)C(CC)(C(=O)O)C1CCCCC1. The molecule has 0 heterocycles. The van der Waals surface area contributed by atoms with Crippen LogP contribution in [-0.2, 0) is 4.79 Å². The molecule has 0 amide bonds. The van der Waals surface area contributed by atoms with Crippen molar-refractivity contribution in [3.63, 3.8) is 0 Å². The van der Waals surface area contributed by atoms with Crippen molar-refractivity contribution in [3.05, 3.63) is 0 Å². The molecule has 1 aliphatic carbocycles. The summed E-state index contributed by atoms with van der Waals surface area (Å²) in [6.07, 6.45) is 9.33. The predicted molar refractivity (Wildman–Crippen MR) is 84.5 cm³/mol. The minimum Gasteiger partial charge on any atom is -0.481 e. The smallest absolute Gasteiger partial charge is 0.306 e. The van der Waals surface area contributed by atoms with E-state index in [0.29, 0.717) is 5.92 Å². The van der Waals surface area contributed by atoms with Crippen molar-refractivity contribution < 1.29 is 9.90 Å². The van der Waals surface area contributed by atoms with Crippen LogP contribution in [0.3, 0.4) is 0 Å². The zero-order valence-corrected chi connectivity index (χ0v) is 14.2. The average Bonchev–Trinajstić information content (AvgIpc) is 2.41. The van der Waals surface area contributed by atoms with Gasteiger partial charge in [-0.3, -0.25) is 4.79 Å². The van der Waals surface area contributed by atoms with Gasteiger partial charge < -0.3 is 5.11 Å². The Morgan fingerprint density at radius 2 is 1.63 bits per heavy atom. The summed E-state index contributed by atoms with van der Waals surface area (Å²) >= 11 is 0. The molecule has 1 unspecified atom stereocenters. The Balaban J connectivity index is 3.03. The molecule has 0 radical (unpaired) electrons. The summed E-state index contributed by atoms with van der Waals surface area (Å²) in [5.41, 5.74) is 0. The maximum absolute atomic E-state index is 12.2. The average molecular weight is 285 g/mol. The zero-order chi connectivity index (χ0) is 14.3. The van der Waals surface area contributed by atoms with E-state index in [2.05, 4.69) is 20.8 Å². The first-order valence-corrected chi connectivity index (χ1v) is 10.6. The summed E-state index contributed by atoms with van der Waals surface area (Å²) in [4.78, 5) is 12.2. The van der Waals surface area contributed by atoms with Gasteiger partial charge in [0.05, 0.1) is 13.8 Å². The van der Waals surface area contributed by atoms with Gasteiger partial charge in [0.25, 0.3) is 0 Å². The molecule has 1 saturated carbocycles. The van der Waals surface area contributed by atoms with Crippen molar-refractivity contribution in [1.29, 1.82) is 0 Å². The molecule has 0 bridgehead atoms. The third-order valence-corrected chi connectivity index (χ3v) is 10.5. The van der Waals surface area contributed by atoms with Gasteiger partial charge in [0, 0.05) is 0 Å². The zero-order valence-electron chi connectivity index (χ0n) is 13.1. The van der Waals surface area contributed by atoms with Crippen LogP contribution in [0.15, 0.2) is 0 Å². The minimum absolute atomic E-state index is 0.313. The van der Waals surface area contributed by atoms with E-state index in [-0.39, 0.29) is 5.04 Å². The van der Waals surface area contributed by atoms with Crippen molar-refractivity contribution in [2.45, 2.75) is 89.3 Å². The van der Waals surface area contributed by atoms with E-state index in [1.54, 1.807) is 0 Å². The quantitative estimate of drug-likeness (QED) is 0.647. The van der Waals surface area contributed by atoms with Crippen LogP contribution in [0.25, 0.3) is 0 Å². The summed E-state index contributed by atoms with van der Waals surface area (Å²) in [6.45, 7) is 6.58. The molecule has 0 aliphatic heterocycles. The highest BCUT2D eigenvalue weighted by molar-refractivity contribution is 6.66. The van der Waals surface area contributed by atoms with Crippen molar-refractivity contribution in [1.82, 2.24) is 0 Å². The molecule has 0 aromatic rings. The lowest BCUT2D eigenvalue weighted by molar-refractivity contribution is -0.143. The fraction of sp³-hybridized carbons (Fsp3) is 0.938. The Hall–Kier alpha value is -0.313. The summed E-state index contributed by atoms with van der Waals surface area (Å²) < 4.78 is 0. The van der Waals surface area contributed by atoms with Crippen molar-refractivity contribution in [2.24, 2.45) is 5.92 Å². The molecule has 19 heavy (non-hydrogen) atoms. The first kappa shape index (κ1) is 16.7. The van der Waals surface area contributed by atoms with Crippen LogP contribution >= 0.6 is 0 Å². The highest BCUT2D eigenvalue weighted by Gasteiger charge is 2.49. The van der Waals surface area contributed by atoms with E-state index < -0.39 is 14.8 Å². The molecule has 1 atom stereocenters. The number of carboxylic acid groups (broad SMARTS) is 1. The molecule has 1 fully saturated rings. The lowest BCUT2D eigenvalue weighted by Crippen LogP contribution is -2.45. The van der Waals surface area contributed by atoms with Gasteiger partial charge in [0.15, 0.2) is 0 Å². The Morgan fingerprint density at radius 1 is 1.11 bits per heavy atom. The second-order valence-corrected chi connectivity index (χ2v) is 9.89. The summed E-state index contributed by atoms with van der Waals surface area (Å²) in [7, 11) is -1.22. The highest BCUT2D eigenvalue weighted by Crippen LogP contribution is 2.51. The van der Waals surface area contributed by atoms with Crippen LogP contribution in [0.5, 0.6) is 0 Å². The largest absolute Gasteiger partial charge is 0.481 e. The topological polar surface area (TPSA) is 37.3 Å². The lowest BCUT2D eigenvalue weighted by atomic mass is 9.78. The molecule has 112 valence electrons. The first-order chi connectivity index (χ1) is 9.13. The van der Waals surface area contributed by atoms with Crippen LogP contribution in [-0.4, -0.2) is 19.9 Å². The monoisotopic (exact) mass is 284 g/mol. The van der Waals surface area contributed by atoms with Crippen LogP contribution in [0, 0.1) is 5.92 Å². The number of carboxylic acids is 1. The van der Waals surface area contributed by atoms with Crippen molar-refractivity contribution >= 4 is 14.8 Å². The molecular weight excluding hydrogens is 252 g/mol. The second kappa shape index (κ2) is 8.08. The second-order valence-electron chi connectivity index (χ2n) is 6.31. The van der Waals surface area contributed by atoms with Crippen molar-refractivity contribution in [2.75, 3.05) is 0 Å². The van der Waals surface area contributed by atoms with E-state index in [1.165, 1.54) is 44.2 Å². The normalized spacial score (nSPS) is 20.4. The van der Waals surface area contributed by atoms with E-state index in [9.17, 15) is 9.90 Å². The highest BCUT2D eigenvalue weighted by atomic mass is 28.3. The molecule has 2 nitrogen and oxygen atoms in total. The van der Waals surface area contributed by atoms with Gasteiger partial charge >= 0.3 is 5.97 Å². The molecule has 1 N–H and O–H groups in total. The predicted octanol–water partition coefficient (Wildman–Crippen LogP) is 4.85. The third kappa shape index (κ3) is 3.62. The standard InChI is InChI=1S/C16H32O2Si/c1-4-12-19(13-5-2)16(6-3,15(17)18)14-10-8-7-9-11-14/h14,19H,4-13H2,1-3H3,(H,17,18). The van der Waals surface area contributed by atoms with Gasteiger partial charge in [-0.1, -0.05) is 65.0 Å². The van der Waals surface area contributed by atoms with Crippen LogP contribution in [0.4, 0.5) is 0 Å². The summed E-state index contributed by atoms with van der Waals surface area (Å²) in [5.74, 6) is 0.0129. The molecule has 1 aliphatic rings. The molecule has 1 rings (SSSR count). The van der Waals surface area contributed by atoms with Gasteiger partial charge in [-0.15, -0.1) is 0 Å². The van der Waals surface area contributed by atoms with E-state index in [0.717, 1.165) is 19.3 Å². The van der Waals surface area contributed by atoms with Crippen LogP contribution in [0.2, 0.25) is 17.1 Å². The number of carbonyl (C=O) groups is 1.